The van der Waals surface area contributed by atoms with Crippen molar-refractivity contribution in [2.75, 3.05) is 7.11 Å². The molecule has 0 saturated heterocycles. The first kappa shape index (κ1) is 18.1. The smallest absolute Gasteiger partial charge is 0.273 e. The van der Waals surface area contributed by atoms with Crippen molar-refractivity contribution in [1.29, 1.82) is 0 Å². The number of rotatable bonds is 5. The zero-order valence-electron chi connectivity index (χ0n) is 14.2. The molecule has 2 aromatic carbocycles. The van der Waals surface area contributed by atoms with Crippen molar-refractivity contribution in [2.24, 2.45) is 0 Å². The molecule has 25 heavy (non-hydrogen) atoms. The Morgan fingerprint density at radius 2 is 1.56 bits per heavy atom. The number of hydrogen-bond donors (Lipinski definition) is 3. The second kappa shape index (κ2) is 8.05. The molecule has 0 heterocycles. The molecule has 0 radical (unpaired) electrons. The highest BCUT2D eigenvalue weighted by molar-refractivity contribution is 6.00. The number of carbonyl (C=O) groups excluding carboxylic acids is 2. The molecule has 3 N–H and O–H groups in total. The van der Waals surface area contributed by atoms with Gasteiger partial charge in [0.15, 0.2) is 0 Å². The van der Waals surface area contributed by atoms with Crippen molar-refractivity contribution >= 4 is 11.8 Å². The van der Waals surface area contributed by atoms with Crippen LogP contribution in [0.3, 0.4) is 0 Å². The number of phenolic OH excluding ortho intramolecular Hbond substituents is 1. The third-order valence-electron chi connectivity index (χ3n) is 3.23. The normalized spacial score (nSPS) is 10.2. The molecule has 2 rings (SSSR count). The highest BCUT2D eigenvalue weighted by atomic mass is 16.5. The van der Waals surface area contributed by atoms with Gasteiger partial charge in [-0.25, -0.2) is 0 Å². The van der Waals surface area contributed by atoms with Crippen LogP contribution in [0.2, 0.25) is 0 Å². The zero-order valence-corrected chi connectivity index (χ0v) is 14.2. The Morgan fingerprint density at radius 3 is 2.16 bits per heavy atom. The number of aromatic hydroxyl groups is 1. The third kappa shape index (κ3) is 4.87. The molecule has 2 aromatic rings. The number of methoxy groups -OCH3 is 1. The Balaban J connectivity index is 1.98. The van der Waals surface area contributed by atoms with Gasteiger partial charge in [-0.3, -0.25) is 20.4 Å². The van der Waals surface area contributed by atoms with Crippen LogP contribution >= 0.6 is 0 Å². The first-order chi connectivity index (χ1) is 11.9. The Labute approximate surface area is 145 Å². The monoisotopic (exact) mass is 344 g/mol. The number of benzene rings is 2. The van der Waals surface area contributed by atoms with Crippen LogP contribution in [-0.2, 0) is 0 Å². The lowest BCUT2D eigenvalue weighted by Crippen LogP contribution is -2.41. The van der Waals surface area contributed by atoms with Crippen molar-refractivity contribution in [3.8, 4) is 17.2 Å². The number of phenols is 1. The van der Waals surface area contributed by atoms with Gasteiger partial charge in [-0.15, -0.1) is 0 Å². The van der Waals surface area contributed by atoms with Crippen LogP contribution < -0.4 is 20.3 Å². The summed E-state index contributed by atoms with van der Waals surface area (Å²) in [6.45, 7) is 3.81. The topological polar surface area (TPSA) is 96.9 Å². The second-order valence-electron chi connectivity index (χ2n) is 5.48. The first-order valence-electron chi connectivity index (χ1n) is 7.65. The molecule has 0 aromatic heterocycles. The van der Waals surface area contributed by atoms with Crippen LogP contribution in [0.15, 0.2) is 42.5 Å². The van der Waals surface area contributed by atoms with Crippen molar-refractivity contribution < 1.29 is 24.2 Å². The summed E-state index contributed by atoms with van der Waals surface area (Å²) in [5.41, 5.74) is 4.88. The Morgan fingerprint density at radius 1 is 0.960 bits per heavy atom. The van der Waals surface area contributed by atoms with Gasteiger partial charge < -0.3 is 14.6 Å². The lowest BCUT2D eigenvalue weighted by molar-refractivity contribution is 0.0845. The van der Waals surface area contributed by atoms with Crippen LogP contribution in [-0.4, -0.2) is 30.1 Å². The van der Waals surface area contributed by atoms with Crippen LogP contribution in [0.5, 0.6) is 17.2 Å². The van der Waals surface area contributed by atoms with Gasteiger partial charge in [0.25, 0.3) is 11.8 Å². The molecule has 0 aliphatic carbocycles. The Kier molecular flexibility index (Phi) is 5.84. The average molecular weight is 344 g/mol. The highest BCUT2D eigenvalue weighted by Crippen LogP contribution is 2.22. The van der Waals surface area contributed by atoms with Gasteiger partial charge in [0.05, 0.1) is 18.8 Å². The summed E-state index contributed by atoms with van der Waals surface area (Å²) in [4.78, 5) is 24.2. The van der Waals surface area contributed by atoms with Gasteiger partial charge >= 0.3 is 0 Å². The SMILES string of the molecule is COc1ccc(O)c(C(=O)NNC(=O)c2ccc(OC(C)C)cc2)c1. The fraction of sp³-hybridized carbons (Fsp3) is 0.222. The molecule has 2 amide bonds. The Bertz CT molecular complexity index is 757. The number of amides is 2. The summed E-state index contributed by atoms with van der Waals surface area (Å²) in [6.07, 6.45) is 0.0366. The fourth-order valence-corrected chi connectivity index (χ4v) is 2.03. The van der Waals surface area contributed by atoms with E-state index in [1.807, 2.05) is 13.8 Å². The summed E-state index contributed by atoms with van der Waals surface area (Å²) in [6, 6.07) is 10.7. The van der Waals surface area contributed by atoms with E-state index in [2.05, 4.69) is 10.9 Å². The quantitative estimate of drug-likeness (QED) is 0.723. The van der Waals surface area contributed by atoms with Crippen LogP contribution in [0.25, 0.3) is 0 Å². The van der Waals surface area contributed by atoms with E-state index in [-0.39, 0.29) is 17.4 Å². The summed E-state index contributed by atoms with van der Waals surface area (Å²) in [5, 5.41) is 9.74. The minimum absolute atomic E-state index is 0.0136. The maximum Gasteiger partial charge on any atom is 0.273 e. The predicted molar refractivity (Wildman–Crippen MR) is 91.8 cm³/mol. The van der Waals surface area contributed by atoms with Gasteiger partial charge in [0, 0.05) is 5.56 Å². The summed E-state index contributed by atoms with van der Waals surface area (Å²) >= 11 is 0. The summed E-state index contributed by atoms with van der Waals surface area (Å²) in [7, 11) is 1.45. The molecule has 0 saturated carbocycles. The van der Waals surface area contributed by atoms with E-state index in [1.165, 1.54) is 25.3 Å². The van der Waals surface area contributed by atoms with Crippen molar-refractivity contribution in [1.82, 2.24) is 10.9 Å². The molecule has 0 unspecified atom stereocenters. The van der Waals surface area contributed by atoms with E-state index in [1.54, 1.807) is 24.3 Å². The molecular formula is C18H20N2O5. The van der Waals surface area contributed by atoms with Gasteiger partial charge in [-0.2, -0.15) is 0 Å². The largest absolute Gasteiger partial charge is 0.507 e. The first-order valence-corrected chi connectivity index (χ1v) is 7.65. The van der Waals surface area contributed by atoms with E-state index in [9.17, 15) is 14.7 Å². The third-order valence-corrected chi connectivity index (χ3v) is 3.23. The minimum Gasteiger partial charge on any atom is -0.507 e. The molecule has 7 nitrogen and oxygen atoms in total. The molecule has 0 aliphatic rings. The van der Waals surface area contributed by atoms with E-state index in [0.29, 0.717) is 17.1 Å². The second-order valence-corrected chi connectivity index (χ2v) is 5.48. The lowest BCUT2D eigenvalue weighted by Gasteiger charge is -2.11. The maximum absolute atomic E-state index is 12.1. The van der Waals surface area contributed by atoms with Gasteiger partial charge in [-0.1, -0.05) is 0 Å². The minimum atomic E-state index is -0.662. The predicted octanol–water partition coefficient (Wildman–Crippen LogP) is 2.26. The van der Waals surface area contributed by atoms with E-state index < -0.39 is 11.8 Å². The number of ether oxygens (including phenoxy) is 2. The molecule has 0 fully saturated rings. The summed E-state index contributed by atoms with van der Waals surface area (Å²) < 4.78 is 10.5. The van der Waals surface area contributed by atoms with Crippen LogP contribution in [0.4, 0.5) is 0 Å². The maximum atomic E-state index is 12.1. The van der Waals surface area contributed by atoms with E-state index in [4.69, 9.17) is 9.47 Å². The lowest BCUT2D eigenvalue weighted by atomic mass is 10.2. The fourth-order valence-electron chi connectivity index (χ4n) is 2.03. The van der Waals surface area contributed by atoms with E-state index >= 15 is 0 Å². The van der Waals surface area contributed by atoms with Gasteiger partial charge in [-0.05, 0) is 56.3 Å². The Hall–Kier alpha value is -3.22. The van der Waals surface area contributed by atoms with Gasteiger partial charge in [0.2, 0.25) is 0 Å². The molecular weight excluding hydrogens is 324 g/mol. The van der Waals surface area contributed by atoms with E-state index in [0.717, 1.165) is 0 Å². The number of nitrogens with one attached hydrogen (secondary N) is 2. The van der Waals surface area contributed by atoms with Crippen molar-refractivity contribution in [2.45, 2.75) is 20.0 Å². The standard InChI is InChI=1S/C18H20N2O5/c1-11(2)25-13-6-4-12(5-7-13)17(22)19-20-18(23)15-10-14(24-3)8-9-16(15)21/h4-11,21H,1-3H3,(H,19,22)(H,20,23). The molecule has 7 heteroatoms. The molecule has 0 spiro atoms. The van der Waals surface area contributed by atoms with Crippen molar-refractivity contribution in [3.05, 3.63) is 53.6 Å². The molecule has 0 bridgehead atoms. The van der Waals surface area contributed by atoms with Crippen molar-refractivity contribution in [3.63, 3.8) is 0 Å². The molecule has 0 aliphatic heterocycles. The summed E-state index contributed by atoms with van der Waals surface area (Å²) in [5.74, 6) is -0.314. The molecule has 0 atom stereocenters. The zero-order chi connectivity index (χ0) is 18.4. The highest BCUT2D eigenvalue weighted by Gasteiger charge is 2.14. The molecule has 132 valence electrons. The van der Waals surface area contributed by atoms with Gasteiger partial charge in [0.1, 0.15) is 17.2 Å². The van der Waals surface area contributed by atoms with Crippen LogP contribution in [0, 0.1) is 0 Å². The number of carbonyl (C=O) groups is 2. The number of hydrogen-bond acceptors (Lipinski definition) is 5. The number of hydrazine groups is 1. The van der Waals surface area contributed by atoms with Crippen LogP contribution in [0.1, 0.15) is 34.6 Å². The average Bonchev–Trinajstić information content (AvgIpc) is 2.60.